The van der Waals surface area contributed by atoms with Gasteiger partial charge in [-0.25, -0.2) is 0 Å². The summed E-state index contributed by atoms with van der Waals surface area (Å²) in [6.07, 6.45) is 18.6. The van der Waals surface area contributed by atoms with Gasteiger partial charge in [-0.15, -0.1) is 11.8 Å². The number of carboxylic acids is 1. The summed E-state index contributed by atoms with van der Waals surface area (Å²) in [5, 5.41) is 7.71. The summed E-state index contributed by atoms with van der Waals surface area (Å²) in [7, 11) is 0. The van der Waals surface area contributed by atoms with Crippen LogP contribution in [0.25, 0.3) is 0 Å². The van der Waals surface area contributed by atoms with Crippen molar-refractivity contribution in [1.82, 2.24) is 0 Å². The molecule has 0 aliphatic heterocycles. The Balaban J connectivity index is 0. The third kappa shape index (κ3) is 25.4. The molecule has 31 heavy (non-hydrogen) atoms. The zero-order valence-corrected chi connectivity index (χ0v) is 22.1. The number of carbonyl (C=O) groups is 2. The van der Waals surface area contributed by atoms with E-state index >= 15 is 0 Å². The summed E-state index contributed by atoms with van der Waals surface area (Å²) in [6.45, 7) is 10.9. The molecule has 0 aliphatic carbocycles. The Bertz CT molecular complexity index is 401. The lowest BCUT2D eigenvalue weighted by Crippen LogP contribution is -2.21. The molecule has 2 unspecified atom stereocenters. The number of hydrogen-bond acceptors (Lipinski definition) is 4. The van der Waals surface area contributed by atoms with Gasteiger partial charge >= 0.3 is 11.9 Å². The molecule has 0 bridgehead atoms. The van der Waals surface area contributed by atoms with E-state index in [2.05, 4.69) is 20.8 Å². The molecule has 4 nitrogen and oxygen atoms in total. The number of ether oxygens (including phenoxy) is 1. The molecule has 0 heterocycles. The van der Waals surface area contributed by atoms with Crippen LogP contribution in [-0.2, 0) is 14.3 Å². The number of esters is 1. The first-order valence-corrected chi connectivity index (χ1v) is 14.0. The molecule has 0 saturated heterocycles. The van der Waals surface area contributed by atoms with Crippen molar-refractivity contribution >= 4 is 23.7 Å². The van der Waals surface area contributed by atoms with Gasteiger partial charge in [0.25, 0.3) is 0 Å². The quantitative estimate of drug-likeness (QED) is 0.146. The van der Waals surface area contributed by atoms with Gasteiger partial charge < -0.3 is 9.84 Å². The normalized spacial score (nSPS) is 12.5. The summed E-state index contributed by atoms with van der Waals surface area (Å²) in [5.74, 6) is 0.861. The lowest BCUT2D eigenvalue weighted by atomic mass is 10.0. The van der Waals surface area contributed by atoms with Crippen LogP contribution >= 0.6 is 11.8 Å². The van der Waals surface area contributed by atoms with Gasteiger partial charge in [-0.3, -0.25) is 9.59 Å². The molecule has 0 aromatic carbocycles. The second-order valence-electron chi connectivity index (χ2n) is 8.49. The van der Waals surface area contributed by atoms with Crippen molar-refractivity contribution in [3.05, 3.63) is 0 Å². The van der Waals surface area contributed by atoms with E-state index in [0.717, 1.165) is 12.2 Å². The van der Waals surface area contributed by atoms with Crippen molar-refractivity contribution in [1.29, 1.82) is 0 Å². The Kier molecular flexibility index (Phi) is 26.8. The van der Waals surface area contributed by atoms with E-state index in [9.17, 15) is 9.59 Å². The van der Waals surface area contributed by atoms with E-state index in [-0.39, 0.29) is 17.6 Å². The first-order valence-electron chi connectivity index (χ1n) is 12.9. The van der Waals surface area contributed by atoms with Gasteiger partial charge in [0.2, 0.25) is 0 Å². The van der Waals surface area contributed by atoms with Crippen molar-refractivity contribution in [3.8, 4) is 0 Å². The molecule has 0 rings (SSSR count). The van der Waals surface area contributed by atoms with Crippen LogP contribution in [0.4, 0.5) is 0 Å². The lowest BCUT2D eigenvalue weighted by molar-refractivity contribution is -0.144. The van der Waals surface area contributed by atoms with Crippen LogP contribution in [0.5, 0.6) is 0 Å². The maximum atomic E-state index is 12.1. The first kappa shape index (κ1) is 32.5. The van der Waals surface area contributed by atoms with Crippen LogP contribution in [0.3, 0.4) is 0 Å². The molecular formula is C26H52O4S. The molecule has 5 heteroatoms. The van der Waals surface area contributed by atoms with E-state index < -0.39 is 5.97 Å². The van der Waals surface area contributed by atoms with Gasteiger partial charge in [0, 0.05) is 6.42 Å². The van der Waals surface area contributed by atoms with E-state index in [4.69, 9.17) is 9.84 Å². The molecule has 0 saturated carbocycles. The van der Waals surface area contributed by atoms with E-state index in [1.807, 2.05) is 6.92 Å². The number of carbonyl (C=O) groups excluding carboxylic acids is 1. The standard InChI is InChI=1S/C23H46O2S.C3H6O2/c1-5-8-10-11-12-13-14-15-16-17-19-26-21(4)23(24)25-20-22(7-3)18-9-6-2;1-2-3(4)5/h21-22H,5-20H2,1-4H3;2H2,1H3,(H,4,5). The third-order valence-corrected chi connectivity index (χ3v) is 6.72. The zero-order valence-electron chi connectivity index (χ0n) is 21.3. The molecule has 2 atom stereocenters. The van der Waals surface area contributed by atoms with E-state index in [1.54, 1.807) is 18.7 Å². The lowest BCUT2D eigenvalue weighted by Gasteiger charge is -2.16. The molecule has 1 N–H and O–H groups in total. The number of hydrogen-bond donors (Lipinski definition) is 1. The maximum absolute atomic E-state index is 12.1. The molecule has 0 fully saturated rings. The highest BCUT2D eigenvalue weighted by Crippen LogP contribution is 2.18. The van der Waals surface area contributed by atoms with Crippen molar-refractivity contribution in [2.45, 2.75) is 136 Å². The van der Waals surface area contributed by atoms with E-state index in [0.29, 0.717) is 12.5 Å². The Morgan fingerprint density at radius 3 is 1.74 bits per heavy atom. The molecular weight excluding hydrogens is 408 g/mol. The van der Waals surface area contributed by atoms with E-state index in [1.165, 1.54) is 83.5 Å². The highest BCUT2D eigenvalue weighted by atomic mass is 32.2. The molecule has 0 radical (unpaired) electrons. The Morgan fingerprint density at radius 1 is 0.806 bits per heavy atom. The van der Waals surface area contributed by atoms with Crippen molar-refractivity contribution < 1.29 is 19.4 Å². The van der Waals surface area contributed by atoms with Crippen molar-refractivity contribution in [3.63, 3.8) is 0 Å². The highest BCUT2D eigenvalue weighted by Gasteiger charge is 2.16. The summed E-state index contributed by atoms with van der Waals surface area (Å²) in [4.78, 5) is 21.5. The Morgan fingerprint density at radius 2 is 1.29 bits per heavy atom. The predicted molar refractivity (Wildman–Crippen MR) is 136 cm³/mol. The fourth-order valence-electron chi connectivity index (χ4n) is 3.13. The number of thioether (sulfide) groups is 1. The van der Waals surface area contributed by atoms with Crippen LogP contribution in [0.15, 0.2) is 0 Å². The fraction of sp³-hybridized carbons (Fsp3) is 0.923. The van der Waals surface area contributed by atoms with Gasteiger partial charge in [-0.2, -0.15) is 0 Å². The van der Waals surface area contributed by atoms with Crippen LogP contribution in [0, 0.1) is 5.92 Å². The second kappa shape index (κ2) is 25.5. The van der Waals surface area contributed by atoms with Gasteiger partial charge in [0.05, 0.1) is 11.9 Å². The second-order valence-corrected chi connectivity index (χ2v) is 9.94. The smallest absolute Gasteiger partial charge is 0.318 e. The number of unbranched alkanes of at least 4 members (excludes halogenated alkanes) is 10. The monoisotopic (exact) mass is 460 g/mol. The SMILES string of the molecule is CCC(=O)O.CCCCCCCCCCCCSC(C)C(=O)OCC(CC)CCCC. The van der Waals surface area contributed by atoms with Crippen LogP contribution in [0.2, 0.25) is 0 Å². The first-order chi connectivity index (χ1) is 14.9. The van der Waals surface area contributed by atoms with Crippen LogP contribution < -0.4 is 0 Å². The molecule has 186 valence electrons. The number of carboxylic acid groups (broad SMARTS) is 1. The minimum absolute atomic E-state index is 0.0164. The Labute approximate surface area is 197 Å². The third-order valence-electron chi connectivity index (χ3n) is 5.50. The summed E-state index contributed by atoms with van der Waals surface area (Å²) in [5.41, 5.74) is 0. The summed E-state index contributed by atoms with van der Waals surface area (Å²) >= 11 is 1.76. The summed E-state index contributed by atoms with van der Waals surface area (Å²) in [6, 6.07) is 0. The van der Waals surface area contributed by atoms with Gasteiger partial charge in [-0.1, -0.05) is 105 Å². The highest BCUT2D eigenvalue weighted by molar-refractivity contribution is 8.00. The molecule has 0 spiro atoms. The van der Waals surface area contributed by atoms with Gasteiger partial charge in [0.1, 0.15) is 0 Å². The van der Waals surface area contributed by atoms with Crippen molar-refractivity contribution in [2.24, 2.45) is 5.92 Å². The van der Waals surface area contributed by atoms with Crippen LogP contribution in [-0.4, -0.2) is 34.7 Å². The van der Waals surface area contributed by atoms with Gasteiger partial charge in [-0.05, 0) is 31.4 Å². The number of aliphatic carboxylic acids is 1. The number of rotatable bonds is 20. The van der Waals surface area contributed by atoms with Crippen molar-refractivity contribution in [2.75, 3.05) is 12.4 Å². The molecule has 0 amide bonds. The zero-order chi connectivity index (χ0) is 23.7. The predicted octanol–water partition coefficient (Wildman–Crippen LogP) is 8.27. The maximum Gasteiger partial charge on any atom is 0.318 e. The minimum Gasteiger partial charge on any atom is -0.481 e. The molecule has 0 aromatic rings. The molecule has 0 aliphatic rings. The average molecular weight is 461 g/mol. The summed E-state index contributed by atoms with van der Waals surface area (Å²) < 4.78 is 5.54. The minimum atomic E-state index is -0.745. The topological polar surface area (TPSA) is 63.6 Å². The average Bonchev–Trinajstić information content (AvgIpc) is 2.77. The van der Waals surface area contributed by atoms with Gasteiger partial charge in [0.15, 0.2) is 0 Å². The molecule has 0 aromatic heterocycles. The Hall–Kier alpha value is -0.710. The fourth-order valence-corrected chi connectivity index (χ4v) is 4.06. The largest absolute Gasteiger partial charge is 0.481 e. The van der Waals surface area contributed by atoms with Crippen LogP contribution in [0.1, 0.15) is 131 Å².